The number of pyridine rings is 3. The Morgan fingerprint density at radius 1 is 1.00 bits per heavy atom. The van der Waals surface area contributed by atoms with E-state index < -0.39 is 26.6 Å². The molecule has 38 heavy (non-hydrogen) atoms. The number of methoxy groups -OCH3 is 1. The van der Waals surface area contributed by atoms with E-state index in [1.54, 1.807) is 36.4 Å². The Morgan fingerprint density at radius 2 is 1.79 bits per heavy atom. The molecular formula is C26H18F2N6O3S. The summed E-state index contributed by atoms with van der Waals surface area (Å²) in [6, 6.07) is 9.10. The number of sulfonamides is 1. The van der Waals surface area contributed by atoms with Crippen molar-refractivity contribution in [2.24, 2.45) is 7.05 Å². The highest BCUT2D eigenvalue weighted by Gasteiger charge is 2.22. The number of rotatable bonds is 5. The molecule has 190 valence electrons. The Kier molecular flexibility index (Phi) is 6.44. The maximum Gasteiger partial charge on any atom is 0.264 e. The van der Waals surface area contributed by atoms with E-state index in [-0.39, 0.29) is 11.6 Å². The van der Waals surface area contributed by atoms with Gasteiger partial charge >= 0.3 is 0 Å². The van der Waals surface area contributed by atoms with Crippen LogP contribution in [0.5, 0.6) is 5.88 Å². The average molecular weight is 533 g/mol. The van der Waals surface area contributed by atoms with Crippen LogP contribution in [-0.4, -0.2) is 40.3 Å². The maximum atomic E-state index is 14.2. The van der Waals surface area contributed by atoms with Gasteiger partial charge in [0.25, 0.3) is 10.0 Å². The normalized spacial score (nSPS) is 11.2. The van der Waals surface area contributed by atoms with Crippen molar-refractivity contribution in [1.29, 1.82) is 0 Å². The van der Waals surface area contributed by atoms with E-state index in [2.05, 4.69) is 36.6 Å². The van der Waals surface area contributed by atoms with Gasteiger partial charge in [-0.15, -0.1) is 0 Å². The van der Waals surface area contributed by atoms with Crippen molar-refractivity contribution in [3.8, 4) is 28.8 Å². The van der Waals surface area contributed by atoms with Crippen LogP contribution in [0.2, 0.25) is 0 Å². The van der Waals surface area contributed by atoms with Gasteiger partial charge in [-0.05, 0) is 42.3 Å². The van der Waals surface area contributed by atoms with Crippen molar-refractivity contribution < 1.29 is 21.9 Å². The van der Waals surface area contributed by atoms with Gasteiger partial charge in [0.05, 0.1) is 12.5 Å². The first-order valence-electron chi connectivity index (χ1n) is 11.0. The van der Waals surface area contributed by atoms with Gasteiger partial charge in [0.15, 0.2) is 5.65 Å². The van der Waals surface area contributed by atoms with Crippen molar-refractivity contribution >= 4 is 26.7 Å². The molecule has 0 saturated heterocycles. The molecular weight excluding hydrogens is 514 g/mol. The Balaban J connectivity index is 1.55. The predicted octanol–water partition coefficient (Wildman–Crippen LogP) is 3.91. The van der Waals surface area contributed by atoms with Crippen molar-refractivity contribution in [2.45, 2.75) is 4.90 Å². The zero-order chi connectivity index (χ0) is 26.9. The van der Waals surface area contributed by atoms with E-state index in [0.29, 0.717) is 33.9 Å². The number of hydrogen-bond acceptors (Lipinski definition) is 7. The molecule has 0 bridgehead atoms. The van der Waals surface area contributed by atoms with Crippen LogP contribution >= 0.6 is 0 Å². The van der Waals surface area contributed by atoms with Crippen LogP contribution in [-0.2, 0) is 17.1 Å². The average Bonchev–Trinajstić information content (AvgIpc) is 3.21. The van der Waals surface area contributed by atoms with Gasteiger partial charge in [0.1, 0.15) is 27.9 Å². The fourth-order valence-corrected chi connectivity index (χ4v) is 4.80. The lowest BCUT2D eigenvalue weighted by molar-refractivity contribution is 0.400. The fourth-order valence-electron chi connectivity index (χ4n) is 3.69. The summed E-state index contributed by atoms with van der Waals surface area (Å²) >= 11 is 0. The molecule has 4 aromatic heterocycles. The van der Waals surface area contributed by atoms with Crippen LogP contribution in [0.25, 0.3) is 22.2 Å². The van der Waals surface area contributed by atoms with Crippen molar-refractivity contribution in [3.63, 3.8) is 0 Å². The Bertz CT molecular complexity index is 1850. The van der Waals surface area contributed by atoms with Crippen LogP contribution in [0, 0.1) is 23.5 Å². The largest absolute Gasteiger partial charge is 0.480 e. The molecule has 0 fully saturated rings. The Morgan fingerprint density at radius 3 is 2.53 bits per heavy atom. The Labute approximate surface area is 216 Å². The molecule has 5 rings (SSSR count). The van der Waals surface area contributed by atoms with E-state index >= 15 is 0 Å². The summed E-state index contributed by atoms with van der Waals surface area (Å²) in [4.78, 5) is 11.9. The van der Waals surface area contributed by atoms with Crippen LogP contribution in [0.3, 0.4) is 0 Å². The number of nitrogens with one attached hydrogen (secondary N) is 1. The van der Waals surface area contributed by atoms with E-state index in [9.17, 15) is 17.2 Å². The third-order valence-electron chi connectivity index (χ3n) is 5.48. The number of aryl methyl sites for hydroxylation is 1. The summed E-state index contributed by atoms with van der Waals surface area (Å²) in [6.45, 7) is 0. The predicted molar refractivity (Wildman–Crippen MR) is 136 cm³/mol. The minimum atomic E-state index is -4.43. The summed E-state index contributed by atoms with van der Waals surface area (Å²) in [7, 11) is -1.36. The summed E-state index contributed by atoms with van der Waals surface area (Å²) in [5.41, 5.74) is 2.87. The third kappa shape index (κ3) is 4.87. The Hall–Kier alpha value is -4.89. The number of nitrogens with zero attached hydrogens (tertiary/aromatic N) is 5. The van der Waals surface area contributed by atoms with Crippen molar-refractivity contribution in [3.05, 3.63) is 90.1 Å². The van der Waals surface area contributed by atoms with E-state index in [1.165, 1.54) is 19.4 Å². The van der Waals surface area contributed by atoms with Gasteiger partial charge < -0.3 is 4.74 Å². The molecule has 5 aromatic rings. The number of hydrogen-bond donors (Lipinski definition) is 1. The van der Waals surface area contributed by atoms with E-state index in [4.69, 9.17) is 4.74 Å². The summed E-state index contributed by atoms with van der Waals surface area (Å²) in [5.74, 6) is 3.98. The number of ether oxygens (including phenoxy) is 1. The minimum absolute atomic E-state index is 0.0433. The molecule has 1 N–H and O–H groups in total. The molecule has 0 aliphatic heterocycles. The standard InChI is InChI=1S/C26H18F2N6O3S/c1-34-23(7-5-16-4-3-9-29-13-16)20-10-17(14-30-25(20)32-34)18-11-22(26(37-2)31-15-18)33-38(35,36)24-8-6-19(27)12-21(24)28/h3-4,6,8-15,33H,1-2H3. The first-order chi connectivity index (χ1) is 18.2. The number of fused-ring (bicyclic) bond motifs is 1. The molecule has 0 spiro atoms. The van der Waals surface area contributed by atoms with Gasteiger partial charge in [0, 0.05) is 54.6 Å². The first kappa shape index (κ1) is 24.8. The smallest absolute Gasteiger partial charge is 0.264 e. The quantitative estimate of drug-likeness (QED) is 0.342. The molecule has 0 atom stereocenters. The van der Waals surface area contributed by atoms with Gasteiger partial charge in [-0.1, -0.05) is 5.92 Å². The zero-order valence-corrected chi connectivity index (χ0v) is 20.8. The minimum Gasteiger partial charge on any atom is -0.480 e. The second-order valence-electron chi connectivity index (χ2n) is 8.02. The number of aromatic nitrogens is 5. The van der Waals surface area contributed by atoms with Crippen LogP contribution in [0.4, 0.5) is 14.5 Å². The lowest BCUT2D eigenvalue weighted by atomic mass is 10.1. The van der Waals surface area contributed by atoms with Crippen molar-refractivity contribution in [2.75, 3.05) is 11.8 Å². The van der Waals surface area contributed by atoms with Crippen LogP contribution in [0.1, 0.15) is 11.3 Å². The van der Waals surface area contributed by atoms with Gasteiger partial charge in [0.2, 0.25) is 5.88 Å². The van der Waals surface area contributed by atoms with Crippen LogP contribution in [0.15, 0.2) is 72.1 Å². The second-order valence-corrected chi connectivity index (χ2v) is 9.67. The van der Waals surface area contributed by atoms with E-state index in [0.717, 1.165) is 17.7 Å². The van der Waals surface area contributed by atoms with Crippen LogP contribution < -0.4 is 9.46 Å². The maximum absolute atomic E-state index is 14.2. The van der Waals surface area contributed by atoms with Gasteiger partial charge in [-0.2, -0.15) is 5.10 Å². The topological polar surface area (TPSA) is 112 Å². The third-order valence-corrected chi connectivity index (χ3v) is 6.88. The number of halogens is 2. The summed E-state index contributed by atoms with van der Waals surface area (Å²) in [6.07, 6.45) is 6.36. The molecule has 0 aliphatic rings. The lowest BCUT2D eigenvalue weighted by Gasteiger charge is -2.13. The summed E-state index contributed by atoms with van der Waals surface area (Å²) in [5, 5.41) is 5.07. The highest BCUT2D eigenvalue weighted by molar-refractivity contribution is 7.92. The zero-order valence-electron chi connectivity index (χ0n) is 20.0. The molecule has 1 aromatic carbocycles. The first-order valence-corrected chi connectivity index (χ1v) is 12.5. The lowest BCUT2D eigenvalue weighted by Crippen LogP contribution is -2.15. The molecule has 0 radical (unpaired) electrons. The fraction of sp³-hybridized carbons (Fsp3) is 0.0769. The molecule has 0 saturated carbocycles. The molecule has 12 heteroatoms. The SMILES string of the molecule is COc1ncc(-c2cnc3nn(C)c(C#Cc4cccnc4)c3c2)cc1NS(=O)(=O)c1ccc(F)cc1F. The monoisotopic (exact) mass is 532 g/mol. The number of anilines is 1. The van der Waals surface area contributed by atoms with Gasteiger partial charge in [-0.3, -0.25) is 14.4 Å². The van der Waals surface area contributed by atoms with E-state index in [1.807, 2.05) is 12.1 Å². The summed E-state index contributed by atoms with van der Waals surface area (Å²) < 4.78 is 62.3. The molecule has 0 unspecified atom stereocenters. The number of benzene rings is 1. The molecule has 4 heterocycles. The van der Waals surface area contributed by atoms with Crippen molar-refractivity contribution in [1.82, 2.24) is 24.7 Å². The second kappa shape index (κ2) is 9.87. The highest BCUT2D eigenvalue weighted by atomic mass is 32.2. The molecule has 0 amide bonds. The molecule has 9 nitrogen and oxygen atoms in total. The molecule has 0 aliphatic carbocycles. The highest BCUT2D eigenvalue weighted by Crippen LogP contribution is 2.32. The van der Waals surface area contributed by atoms with Gasteiger partial charge in [-0.25, -0.2) is 27.2 Å².